The van der Waals surface area contributed by atoms with Gasteiger partial charge < -0.3 is 4.90 Å². The molecule has 2 heterocycles. The predicted molar refractivity (Wildman–Crippen MR) is 81.0 cm³/mol. The monoisotopic (exact) mass is 279 g/mol. The lowest BCUT2D eigenvalue weighted by molar-refractivity contribution is 0.226. The first-order chi connectivity index (χ1) is 8.99. The quantitative estimate of drug-likeness (QED) is 0.778. The first-order valence-electron chi connectivity index (χ1n) is 7.58. The lowest BCUT2D eigenvalue weighted by atomic mass is 9.77. The molecule has 1 saturated carbocycles. The molecule has 1 aromatic rings. The summed E-state index contributed by atoms with van der Waals surface area (Å²) in [6.07, 6.45) is 8.54. The fourth-order valence-electron chi connectivity index (χ4n) is 3.45. The number of rotatable bonds is 1. The van der Waals surface area contributed by atoms with E-state index in [-0.39, 0.29) is 5.41 Å². The van der Waals surface area contributed by atoms with Crippen LogP contribution in [0.15, 0.2) is 0 Å². The highest BCUT2D eigenvalue weighted by molar-refractivity contribution is 7.09. The Labute approximate surface area is 120 Å². The Morgan fingerprint density at radius 3 is 2.21 bits per heavy atom. The molecule has 1 aliphatic heterocycles. The van der Waals surface area contributed by atoms with Gasteiger partial charge in [0.2, 0.25) is 5.13 Å². The second-order valence-electron chi connectivity index (χ2n) is 7.34. The summed E-state index contributed by atoms with van der Waals surface area (Å²) in [5.41, 5.74) is 0.755. The van der Waals surface area contributed by atoms with E-state index < -0.39 is 0 Å². The number of hydrogen-bond donors (Lipinski definition) is 0. The average Bonchev–Trinajstić information content (AvgIpc) is 2.99. The first-order valence-corrected chi connectivity index (χ1v) is 8.35. The van der Waals surface area contributed by atoms with Gasteiger partial charge in [0, 0.05) is 30.0 Å². The highest BCUT2D eigenvalue weighted by Crippen LogP contribution is 2.46. The van der Waals surface area contributed by atoms with E-state index in [4.69, 9.17) is 4.98 Å². The molecule has 0 unspecified atom stereocenters. The smallest absolute Gasteiger partial charge is 0.205 e. The third-order valence-corrected chi connectivity index (χ3v) is 5.62. The number of piperidine rings is 1. The minimum atomic E-state index is 0.0667. The van der Waals surface area contributed by atoms with E-state index in [1.54, 1.807) is 11.5 Å². The van der Waals surface area contributed by atoms with Crippen molar-refractivity contribution < 1.29 is 0 Å². The number of hydrogen-bond acceptors (Lipinski definition) is 4. The van der Waals surface area contributed by atoms with Crippen LogP contribution in [0.25, 0.3) is 0 Å². The van der Waals surface area contributed by atoms with Crippen LogP contribution in [0.4, 0.5) is 5.13 Å². The molecule has 0 N–H and O–H groups in total. The van der Waals surface area contributed by atoms with Crippen LogP contribution in [0.1, 0.15) is 65.1 Å². The van der Waals surface area contributed by atoms with Crippen molar-refractivity contribution in [2.75, 3.05) is 18.0 Å². The predicted octanol–water partition coefficient (Wildman–Crippen LogP) is 4.00. The van der Waals surface area contributed by atoms with Crippen LogP contribution in [-0.4, -0.2) is 22.4 Å². The van der Waals surface area contributed by atoms with Gasteiger partial charge in [-0.3, -0.25) is 0 Å². The van der Waals surface area contributed by atoms with Gasteiger partial charge in [0.1, 0.15) is 5.82 Å². The Hall–Kier alpha value is -0.640. The van der Waals surface area contributed by atoms with Crippen molar-refractivity contribution in [2.45, 2.75) is 64.7 Å². The van der Waals surface area contributed by atoms with Crippen LogP contribution in [0, 0.1) is 5.41 Å². The summed E-state index contributed by atoms with van der Waals surface area (Å²) < 4.78 is 4.54. The molecule has 1 aromatic heterocycles. The first kappa shape index (κ1) is 13.3. The normalized spacial score (nSPS) is 23.2. The third-order valence-electron chi connectivity index (χ3n) is 4.84. The average molecular weight is 279 g/mol. The summed E-state index contributed by atoms with van der Waals surface area (Å²) in [6.45, 7) is 8.91. The van der Waals surface area contributed by atoms with Gasteiger partial charge in [0.15, 0.2) is 0 Å². The second kappa shape index (κ2) is 4.72. The van der Waals surface area contributed by atoms with Crippen molar-refractivity contribution in [3.05, 3.63) is 5.82 Å². The maximum absolute atomic E-state index is 4.75. The fraction of sp³-hybridized carbons (Fsp3) is 0.867. The zero-order chi connectivity index (χ0) is 13.5. The van der Waals surface area contributed by atoms with Crippen LogP contribution >= 0.6 is 11.5 Å². The van der Waals surface area contributed by atoms with E-state index in [1.165, 1.54) is 51.6 Å². The van der Waals surface area contributed by atoms with Gasteiger partial charge in [-0.1, -0.05) is 33.6 Å². The van der Waals surface area contributed by atoms with Crippen molar-refractivity contribution >= 4 is 16.7 Å². The van der Waals surface area contributed by atoms with Gasteiger partial charge in [-0.05, 0) is 31.1 Å². The summed E-state index contributed by atoms with van der Waals surface area (Å²) in [6, 6.07) is 0. The third kappa shape index (κ3) is 2.64. The van der Waals surface area contributed by atoms with Gasteiger partial charge in [-0.2, -0.15) is 4.37 Å². The topological polar surface area (TPSA) is 29.0 Å². The molecule has 106 valence electrons. The van der Waals surface area contributed by atoms with E-state index in [9.17, 15) is 0 Å². The molecular weight excluding hydrogens is 254 g/mol. The summed E-state index contributed by atoms with van der Waals surface area (Å²) in [4.78, 5) is 7.21. The molecule has 4 heteroatoms. The molecule has 2 fully saturated rings. The lowest BCUT2D eigenvalue weighted by Gasteiger charge is -2.39. The van der Waals surface area contributed by atoms with E-state index in [0.29, 0.717) is 5.41 Å². The zero-order valence-electron chi connectivity index (χ0n) is 12.4. The summed E-state index contributed by atoms with van der Waals surface area (Å²) in [5, 5.41) is 1.14. The molecule has 0 radical (unpaired) electrons. The van der Waals surface area contributed by atoms with Gasteiger partial charge in [-0.15, -0.1) is 0 Å². The van der Waals surface area contributed by atoms with E-state index in [0.717, 1.165) is 11.0 Å². The maximum Gasteiger partial charge on any atom is 0.205 e. The van der Waals surface area contributed by atoms with Crippen molar-refractivity contribution in [3.8, 4) is 0 Å². The largest absolute Gasteiger partial charge is 0.347 e. The summed E-state index contributed by atoms with van der Waals surface area (Å²) in [5.74, 6) is 0.994. The summed E-state index contributed by atoms with van der Waals surface area (Å²) in [7, 11) is 0. The van der Waals surface area contributed by atoms with Crippen LogP contribution in [0.5, 0.6) is 0 Å². The molecule has 1 aliphatic carbocycles. The standard InChI is InChI=1S/C15H25N3S/c1-14(2,3)12-16-13(19-17-12)18-10-8-15(9-11-18)6-4-5-7-15/h4-11H2,1-3H3. The van der Waals surface area contributed by atoms with E-state index in [1.807, 2.05) is 0 Å². The summed E-state index contributed by atoms with van der Waals surface area (Å²) >= 11 is 1.58. The van der Waals surface area contributed by atoms with Crippen LogP contribution in [0.2, 0.25) is 0 Å². The Morgan fingerprint density at radius 1 is 1.05 bits per heavy atom. The van der Waals surface area contributed by atoms with Gasteiger partial charge >= 0.3 is 0 Å². The number of aromatic nitrogens is 2. The van der Waals surface area contributed by atoms with Gasteiger partial charge in [0.05, 0.1) is 0 Å². The van der Waals surface area contributed by atoms with Crippen molar-refractivity contribution in [2.24, 2.45) is 5.41 Å². The molecule has 19 heavy (non-hydrogen) atoms. The van der Waals surface area contributed by atoms with Crippen molar-refractivity contribution in [3.63, 3.8) is 0 Å². The number of anilines is 1. The molecule has 0 aromatic carbocycles. The Balaban J connectivity index is 1.66. The van der Waals surface area contributed by atoms with Crippen molar-refractivity contribution in [1.82, 2.24) is 9.36 Å². The van der Waals surface area contributed by atoms with Gasteiger partial charge in [0.25, 0.3) is 0 Å². The fourth-order valence-corrected chi connectivity index (χ4v) is 4.35. The minimum absolute atomic E-state index is 0.0667. The Kier molecular flexibility index (Phi) is 3.32. The Morgan fingerprint density at radius 2 is 1.68 bits per heavy atom. The van der Waals surface area contributed by atoms with E-state index >= 15 is 0 Å². The second-order valence-corrected chi connectivity index (χ2v) is 8.08. The molecule has 0 amide bonds. The van der Waals surface area contributed by atoms with Crippen LogP contribution in [-0.2, 0) is 5.41 Å². The van der Waals surface area contributed by atoms with Crippen LogP contribution in [0.3, 0.4) is 0 Å². The molecule has 3 nitrogen and oxygen atoms in total. The molecule has 0 atom stereocenters. The Bertz CT molecular complexity index is 430. The maximum atomic E-state index is 4.75. The molecule has 1 saturated heterocycles. The molecule has 3 rings (SSSR count). The molecular formula is C15H25N3S. The van der Waals surface area contributed by atoms with Gasteiger partial charge in [-0.25, -0.2) is 4.98 Å². The SMILES string of the molecule is CC(C)(C)c1nsc(N2CCC3(CCCC3)CC2)n1. The highest BCUT2D eigenvalue weighted by Gasteiger charge is 2.37. The van der Waals surface area contributed by atoms with Crippen LogP contribution < -0.4 is 4.90 Å². The minimum Gasteiger partial charge on any atom is -0.347 e. The highest BCUT2D eigenvalue weighted by atomic mass is 32.1. The zero-order valence-corrected chi connectivity index (χ0v) is 13.2. The van der Waals surface area contributed by atoms with Crippen molar-refractivity contribution in [1.29, 1.82) is 0 Å². The molecule has 1 spiro atoms. The number of nitrogens with zero attached hydrogens (tertiary/aromatic N) is 3. The molecule has 2 aliphatic rings. The molecule has 0 bridgehead atoms. The van der Waals surface area contributed by atoms with E-state index in [2.05, 4.69) is 30.0 Å². The lowest BCUT2D eigenvalue weighted by Crippen LogP contribution is -2.38.